The third-order valence-corrected chi connectivity index (χ3v) is 3.52. The van der Waals surface area contributed by atoms with Crippen LogP contribution in [-0.2, 0) is 11.3 Å². The molecule has 0 aliphatic carbocycles. The molecule has 0 fully saturated rings. The zero-order chi connectivity index (χ0) is 14.1. The number of ether oxygens (including phenoxy) is 1. The molecule has 6 heteroatoms. The normalized spacial score (nSPS) is 12.9. The Morgan fingerprint density at radius 1 is 1.50 bits per heavy atom. The van der Waals surface area contributed by atoms with Crippen molar-refractivity contribution < 1.29 is 9.53 Å². The topological polar surface area (TPSA) is 56.1 Å². The molecule has 2 heterocycles. The van der Waals surface area contributed by atoms with Crippen LogP contribution in [-0.4, -0.2) is 27.1 Å². The van der Waals surface area contributed by atoms with E-state index in [0.717, 1.165) is 16.9 Å². The number of hydrogen-bond acceptors (Lipinski definition) is 4. The Balaban J connectivity index is 2.14. The van der Waals surface area contributed by atoms with Crippen LogP contribution in [0.2, 0.25) is 0 Å². The van der Waals surface area contributed by atoms with Gasteiger partial charge in [0.05, 0.1) is 24.5 Å². The maximum Gasteiger partial charge on any atom is 0.358 e. The number of nitrogens with zero attached hydrogens (tertiary/aromatic N) is 2. The Morgan fingerprint density at radius 2 is 2.30 bits per heavy atom. The number of thiocarbonyl (C=S) groups is 1. The molecule has 3 rings (SSSR count). The highest BCUT2D eigenvalue weighted by Gasteiger charge is 2.24. The highest BCUT2D eigenvalue weighted by atomic mass is 32.1. The van der Waals surface area contributed by atoms with Crippen molar-refractivity contribution in [1.29, 1.82) is 0 Å². The van der Waals surface area contributed by atoms with Crippen molar-refractivity contribution in [2.45, 2.75) is 13.5 Å². The van der Waals surface area contributed by atoms with E-state index in [1.807, 2.05) is 28.8 Å². The van der Waals surface area contributed by atoms with Crippen molar-refractivity contribution in [2.24, 2.45) is 0 Å². The fourth-order valence-corrected chi connectivity index (χ4v) is 2.50. The summed E-state index contributed by atoms with van der Waals surface area (Å²) in [5, 5.41) is 3.14. The van der Waals surface area contributed by atoms with Crippen LogP contribution in [0.3, 0.4) is 0 Å². The fraction of sp³-hybridized carbons (Fsp3) is 0.214. The molecule has 0 saturated heterocycles. The van der Waals surface area contributed by atoms with Gasteiger partial charge in [-0.05, 0) is 19.1 Å². The maximum atomic E-state index is 11.9. The first kappa shape index (κ1) is 12.8. The Bertz CT molecular complexity index is 693. The zero-order valence-electron chi connectivity index (χ0n) is 10.9. The largest absolute Gasteiger partial charge is 0.461 e. The molecule has 1 aliphatic rings. The molecule has 0 saturated carbocycles. The van der Waals surface area contributed by atoms with E-state index in [-0.39, 0.29) is 0 Å². The molecular formula is C14H13N3O2S. The first-order valence-electron chi connectivity index (χ1n) is 6.33. The summed E-state index contributed by atoms with van der Waals surface area (Å²) in [7, 11) is 0. The molecule has 102 valence electrons. The Hall–Kier alpha value is -2.21. The third kappa shape index (κ3) is 1.98. The van der Waals surface area contributed by atoms with Gasteiger partial charge >= 0.3 is 5.97 Å². The quantitative estimate of drug-likeness (QED) is 0.674. The second-order valence-corrected chi connectivity index (χ2v) is 4.74. The van der Waals surface area contributed by atoms with E-state index in [9.17, 15) is 4.79 Å². The molecule has 1 aliphatic heterocycles. The molecule has 0 amide bonds. The average Bonchev–Trinajstić information content (AvgIpc) is 2.83. The Kier molecular flexibility index (Phi) is 3.23. The van der Waals surface area contributed by atoms with Crippen LogP contribution in [0, 0.1) is 0 Å². The maximum absolute atomic E-state index is 11.9. The van der Waals surface area contributed by atoms with Gasteiger partial charge in [-0.2, -0.15) is 0 Å². The van der Waals surface area contributed by atoms with E-state index in [4.69, 9.17) is 17.0 Å². The summed E-state index contributed by atoms with van der Waals surface area (Å²) in [6.45, 7) is 2.55. The van der Waals surface area contributed by atoms with Gasteiger partial charge in [0.1, 0.15) is 11.3 Å². The number of esters is 1. The van der Waals surface area contributed by atoms with Crippen molar-refractivity contribution in [3.63, 3.8) is 0 Å². The van der Waals surface area contributed by atoms with E-state index in [0.29, 0.717) is 23.8 Å². The van der Waals surface area contributed by atoms with E-state index < -0.39 is 5.97 Å². The Labute approximate surface area is 121 Å². The third-order valence-electron chi connectivity index (χ3n) is 3.16. The van der Waals surface area contributed by atoms with Gasteiger partial charge in [-0.15, -0.1) is 0 Å². The van der Waals surface area contributed by atoms with Crippen LogP contribution in [0.15, 0.2) is 30.6 Å². The lowest BCUT2D eigenvalue weighted by atomic mass is 10.2. The fourth-order valence-electron chi connectivity index (χ4n) is 2.26. The summed E-state index contributed by atoms with van der Waals surface area (Å²) in [6, 6.07) is 7.76. The lowest BCUT2D eigenvalue weighted by molar-refractivity contribution is 0.0518. The molecule has 1 aromatic carbocycles. The number of para-hydroxylation sites is 1. The highest BCUT2D eigenvalue weighted by molar-refractivity contribution is 7.80. The summed E-state index contributed by atoms with van der Waals surface area (Å²) in [6.07, 6.45) is 1.63. The van der Waals surface area contributed by atoms with Crippen LogP contribution >= 0.6 is 12.2 Å². The Morgan fingerprint density at radius 3 is 3.10 bits per heavy atom. The van der Waals surface area contributed by atoms with E-state index >= 15 is 0 Å². The molecule has 0 spiro atoms. The van der Waals surface area contributed by atoms with Gasteiger partial charge in [0.25, 0.3) is 0 Å². The smallest absolute Gasteiger partial charge is 0.358 e. The average molecular weight is 287 g/mol. The number of imidazole rings is 1. The molecule has 0 atom stereocenters. The van der Waals surface area contributed by atoms with E-state index in [2.05, 4.69) is 10.3 Å². The van der Waals surface area contributed by atoms with Gasteiger partial charge < -0.3 is 10.1 Å². The van der Waals surface area contributed by atoms with Crippen LogP contribution in [0.25, 0.3) is 5.69 Å². The molecule has 1 N–H and O–H groups in total. The molecule has 5 nitrogen and oxygen atoms in total. The SMILES string of the molecule is CCOC(=O)c1ncn2c1CNC(=S)c1ccccc1-2. The van der Waals surface area contributed by atoms with E-state index in [1.54, 1.807) is 13.3 Å². The predicted molar refractivity (Wildman–Crippen MR) is 78.1 cm³/mol. The number of rotatable bonds is 2. The van der Waals surface area contributed by atoms with Crippen molar-refractivity contribution >= 4 is 23.2 Å². The van der Waals surface area contributed by atoms with Crippen molar-refractivity contribution in [3.8, 4) is 5.69 Å². The van der Waals surface area contributed by atoms with Crippen molar-refractivity contribution in [3.05, 3.63) is 47.5 Å². The number of carbonyl (C=O) groups is 1. The van der Waals surface area contributed by atoms with Gasteiger partial charge in [-0.25, -0.2) is 9.78 Å². The first-order chi connectivity index (χ1) is 9.72. The predicted octanol–water partition coefficient (Wildman–Crippen LogP) is 1.83. The van der Waals surface area contributed by atoms with Crippen molar-refractivity contribution in [2.75, 3.05) is 6.61 Å². The van der Waals surface area contributed by atoms with E-state index in [1.165, 1.54) is 0 Å². The summed E-state index contributed by atoms with van der Waals surface area (Å²) in [5.41, 5.74) is 2.93. The second-order valence-electron chi connectivity index (χ2n) is 4.33. The molecule has 0 bridgehead atoms. The number of fused-ring (bicyclic) bond motifs is 3. The summed E-state index contributed by atoms with van der Waals surface area (Å²) in [5.74, 6) is -0.409. The monoisotopic (exact) mass is 287 g/mol. The highest BCUT2D eigenvalue weighted by Crippen LogP contribution is 2.22. The van der Waals surface area contributed by atoms with Crippen LogP contribution < -0.4 is 5.32 Å². The lowest BCUT2D eigenvalue weighted by Gasteiger charge is -2.07. The summed E-state index contributed by atoms with van der Waals surface area (Å²) < 4.78 is 6.92. The molecule has 0 radical (unpaired) electrons. The summed E-state index contributed by atoms with van der Waals surface area (Å²) >= 11 is 5.36. The number of nitrogens with one attached hydrogen (secondary N) is 1. The van der Waals surface area contributed by atoms with Gasteiger partial charge in [-0.1, -0.05) is 24.4 Å². The minimum absolute atomic E-state index is 0.327. The van der Waals surface area contributed by atoms with Gasteiger partial charge in [0.2, 0.25) is 0 Å². The van der Waals surface area contributed by atoms with Gasteiger partial charge in [0, 0.05) is 5.56 Å². The number of carbonyl (C=O) groups excluding carboxylic acids is 1. The second kappa shape index (κ2) is 5.05. The number of hydrogen-bond donors (Lipinski definition) is 1. The number of aromatic nitrogens is 2. The molecule has 0 unspecified atom stereocenters. The first-order valence-corrected chi connectivity index (χ1v) is 6.74. The number of benzene rings is 1. The van der Waals surface area contributed by atoms with Gasteiger partial charge in [-0.3, -0.25) is 4.57 Å². The molecular weight excluding hydrogens is 274 g/mol. The molecule has 20 heavy (non-hydrogen) atoms. The summed E-state index contributed by atoms with van der Waals surface area (Å²) in [4.78, 5) is 16.8. The lowest BCUT2D eigenvalue weighted by Crippen LogP contribution is -2.21. The van der Waals surface area contributed by atoms with Crippen LogP contribution in [0.4, 0.5) is 0 Å². The molecule has 1 aromatic heterocycles. The van der Waals surface area contributed by atoms with Crippen molar-refractivity contribution in [1.82, 2.24) is 14.9 Å². The minimum Gasteiger partial charge on any atom is -0.461 e. The minimum atomic E-state index is -0.409. The van der Waals surface area contributed by atoms with Crippen LogP contribution in [0.1, 0.15) is 28.7 Å². The standard InChI is InChI=1S/C14H13N3O2S/c1-2-19-14(18)12-11-7-15-13(20)9-5-3-4-6-10(9)17(11)8-16-12/h3-6,8H,2,7H2,1H3,(H,15,20). The van der Waals surface area contributed by atoms with Crippen LogP contribution in [0.5, 0.6) is 0 Å². The zero-order valence-corrected chi connectivity index (χ0v) is 11.7. The molecule has 2 aromatic rings. The van der Waals surface area contributed by atoms with Gasteiger partial charge in [0.15, 0.2) is 5.69 Å².